The first kappa shape index (κ1) is 20.3. The monoisotopic (exact) mass is 392 g/mol. The first-order chi connectivity index (χ1) is 12.3. The van der Waals surface area contributed by atoms with Crippen LogP contribution in [0.1, 0.15) is 23.6 Å². The fourth-order valence-corrected chi connectivity index (χ4v) is 2.93. The highest BCUT2D eigenvalue weighted by Crippen LogP contribution is 2.24. The Bertz CT molecular complexity index is 791. The number of aryl methyl sites for hydroxylation is 1. The molecule has 2 rings (SSSR count). The third-order valence-electron chi connectivity index (χ3n) is 4.23. The van der Waals surface area contributed by atoms with Crippen LogP contribution < -0.4 is 5.32 Å². The van der Waals surface area contributed by atoms with Crippen molar-refractivity contribution in [2.24, 2.45) is 0 Å². The Morgan fingerprint density at radius 1 is 1.04 bits per heavy atom. The number of hydrogen-bond donors (Lipinski definition) is 1. The second kappa shape index (κ2) is 9.06. The molecule has 0 unspecified atom stereocenters. The van der Waals surface area contributed by atoms with Crippen molar-refractivity contribution in [1.82, 2.24) is 10.2 Å². The van der Waals surface area contributed by atoms with E-state index in [1.807, 2.05) is 31.2 Å². The molecule has 2 amide bonds. The van der Waals surface area contributed by atoms with Crippen LogP contribution in [0.25, 0.3) is 0 Å². The second-order valence-electron chi connectivity index (χ2n) is 6.22. The average molecular weight is 393 g/mol. The molecule has 0 fully saturated rings. The van der Waals surface area contributed by atoms with Crippen LogP contribution in [-0.4, -0.2) is 29.8 Å². The third kappa shape index (κ3) is 5.23. The molecule has 0 heterocycles. The van der Waals surface area contributed by atoms with Crippen LogP contribution in [0.5, 0.6) is 0 Å². The van der Waals surface area contributed by atoms with E-state index in [0.29, 0.717) is 10.0 Å². The molecule has 0 bridgehead atoms. The van der Waals surface area contributed by atoms with Crippen molar-refractivity contribution in [2.75, 3.05) is 7.05 Å². The van der Waals surface area contributed by atoms with Crippen molar-refractivity contribution < 1.29 is 9.59 Å². The van der Waals surface area contributed by atoms with Gasteiger partial charge in [0.25, 0.3) is 0 Å². The highest BCUT2D eigenvalue weighted by Gasteiger charge is 2.25. The van der Waals surface area contributed by atoms with E-state index in [1.54, 1.807) is 37.1 Å². The van der Waals surface area contributed by atoms with Gasteiger partial charge in [-0.15, -0.1) is 0 Å². The van der Waals surface area contributed by atoms with Crippen LogP contribution in [-0.2, 0) is 22.6 Å². The molecule has 0 radical (unpaired) electrons. The summed E-state index contributed by atoms with van der Waals surface area (Å²) in [6, 6.07) is 12.4. The zero-order valence-electron chi connectivity index (χ0n) is 15.1. The molecule has 0 saturated carbocycles. The van der Waals surface area contributed by atoms with Crippen LogP contribution in [0, 0.1) is 6.92 Å². The Labute approximate surface area is 164 Å². The lowest BCUT2D eigenvalue weighted by Gasteiger charge is -2.28. The molecule has 0 aliphatic rings. The van der Waals surface area contributed by atoms with Gasteiger partial charge in [0.15, 0.2) is 0 Å². The number of nitrogens with zero attached hydrogens (tertiary/aromatic N) is 1. The Kier molecular flexibility index (Phi) is 7.06. The van der Waals surface area contributed by atoms with E-state index in [0.717, 1.165) is 16.7 Å². The molecule has 2 aromatic rings. The van der Waals surface area contributed by atoms with Crippen molar-refractivity contribution >= 4 is 35.0 Å². The SMILES string of the molecule is CNC(=O)[C@H](C)N(Cc1ccc(Cl)c(Cl)c1)C(=O)Cc1ccc(C)cc1. The van der Waals surface area contributed by atoms with E-state index >= 15 is 0 Å². The second-order valence-corrected chi connectivity index (χ2v) is 7.04. The lowest BCUT2D eigenvalue weighted by atomic mass is 10.1. The minimum Gasteiger partial charge on any atom is -0.357 e. The van der Waals surface area contributed by atoms with E-state index in [1.165, 1.54) is 0 Å². The molecule has 0 spiro atoms. The minimum atomic E-state index is -0.604. The molecule has 2 aromatic carbocycles. The van der Waals surface area contributed by atoms with E-state index in [9.17, 15) is 9.59 Å². The van der Waals surface area contributed by atoms with Gasteiger partial charge in [-0.1, -0.05) is 59.1 Å². The lowest BCUT2D eigenvalue weighted by Crippen LogP contribution is -2.47. The minimum absolute atomic E-state index is 0.129. The van der Waals surface area contributed by atoms with Crippen LogP contribution in [0.4, 0.5) is 0 Å². The topological polar surface area (TPSA) is 49.4 Å². The summed E-state index contributed by atoms with van der Waals surface area (Å²) in [4.78, 5) is 26.6. The van der Waals surface area contributed by atoms with Crippen LogP contribution in [0.3, 0.4) is 0 Å². The molecular weight excluding hydrogens is 371 g/mol. The summed E-state index contributed by atoms with van der Waals surface area (Å²) in [5.74, 6) is -0.349. The summed E-state index contributed by atoms with van der Waals surface area (Å²) >= 11 is 12.0. The van der Waals surface area contributed by atoms with E-state index in [4.69, 9.17) is 23.2 Å². The number of nitrogens with one attached hydrogen (secondary N) is 1. The van der Waals surface area contributed by atoms with Crippen molar-refractivity contribution in [3.63, 3.8) is 0 Å². The van der Waals surface area contributed by atoms with Crippen molar-refractivity contribution in [3.8, 4) is 0 Å². The lowest BCUT2D eigenvalue weighted by molar-refractivity contribution is -0.139. The van der Waals surface area contributed by atoms with Crippen LogP contribution in [0.15, 0.2) is 42.5 Å². The molecule has 0 aromatic heterocycles. The summed E-state index contributed by atoms with van der Waals surface area (Å²) in [5, 5.41) is 3.47. The first-order valence-electron chi connectivity index (χ1n) is 8.32. The molecule has 4 nitrogen and oxygen atoms in total. The molecule has 1 atom stereocenters. The fourth-order valence-electron chi connectivity index (χ4n) is 2.61. The highest BCUT2D eigenvalue weighted by molar-refractivity contribution is 6.42. The predicted molar refractivity (Wildman–Crippen MR) is 105 cm³/mol. The van der Waals surface area contributed by atoms with E-state index < -0.39 is 6.04 Å². The van der Waals surface area contributed by atoms with Gasteiger partial charge < -0.3 is 10.2 Å². The van der Waals surface area contributed by atoms with Gasteiger partial charge in [-0.25, -0.2) is 0 Å². The zero-order valence-corrected chi connectivity index (χ0v) is 16.6. The van der Waals surface area contributed by atoms with Crippen LogP contribution >= 0.6 is 23.2 Å². The predicted octanol–water partition coefficient (Wildman–Crippen LogP) is 4.01. The number of carbonyl (C=O) groups is 2. The Balaban J connectivity index is 2.24. The summed E-state index contributed by atoms with van der Waals surface area (Å²) in [6.45, 7) is 3.98. The third-order valence-corrected chi connectivity index (χ3v) is 4.97. The zero-order chi connectivity index (χ0) is 19.3. The largest absolute Gasteiger partial charge is 0.357 e. The standard InChI is InChI=1S/C20H22Cl2N2O2/c1-13-4-6-15(7-5-13)11-19(25)24(14(2)20(26)23-3)12-16-8-9-17(21)18(22)10-16/h4-10,14H,11-12H2,1-3H3,(H,23,26)/t14-/m0/s1. The quantitative estimate of drug-likeness (QED) is 0.806. The number of hydrogen-bond acceptors (Lipinski definition) is 2. The fraction of sp³-hybridized carbons (Fsp3) is 0.300. The average Bonchev–Trinajstić information content (AvgIpc) is 2.63. The molecule has 26 heavy (non-hydrogen) atoms. The molecular formula is C20H22Cl2N2O2. The Morgan fingerprint density at radius 3 is 2.23 bits per heavy atom. The molecule has 0 aliphatic carbocycles. The van der Waals surface area contributed by atoms with Gasteiger partial charge in [0.2, 0.25) is 11.8 Å². The van der Waals surface area contributed by atoms with Gasteiger partial charge in [0.1, 0.15) is 6.04 Å². The summed E-state index contributed by atoms with van der Waals surface area (Å²) < 4.78 is 0. The van der Waals surface area contributed by atoms with Gasteiger partial charge >= 0.3 is 0 Å². The number of rotatable bonds is 6. The number of carbonyl (C=O) groups excluding carboxylic acids is 2. The Morgan fingerprint density at radius 2 is 1.65 bits per heavy atom. The van der Waals surface area contributed by atoms with Gasteiger partial charge in [0, 0.05) is 13.6 Å². The van der Waals surface area contributed by atoms with Gasteiger partial charge in [-0.2, -0.15) is 0 Å². The van der Waals surface area contributed by atoms with Crippen LogP contribution in [0.2, 0.25) is 10.0 Å². The number of halogens is 2. The van der Waals surface area contributed by atoms with Gasteiger partial charge in [-0.3, -0.25) is 9.59 Å². The van der Waals surface area contributed by atoms with E-state index in [-0.39, 0.29) is 24.8 Å². The normalized spacial score (nSPS) is 11.7. The summed E-state index contributed by atoms with van der Waals surface area (Å²) in [7, 11) is 1.56. The summed E-state index contributed by atoms with van der Waals surface area (Å²) in [6.07, 6.45) is 0.225. The molecule has 0 aliphatic heterocycles. The molecule has 1 N–H and O–H groups in total. The van der Waals surface area contributed by atoms with Crippen molar-refractivity contribution in [2.45, 2.75) is 32.9 Å². The first-order valence-corrected chi connectivity index (χ1v) is 9.08. The van der Waals surface area contributed by atoms with Gasteiger partial charge in [-0.05, 0) is 37.1 Å². The van der Waals surface area contributed by atoms with E-state index in [2.05, 4.69) is 5.32 Å². The molecule has 138 valence electrons. The molecule has 6 heteroatoms. The maximum Gasteiger partial charge on any atom is 0.242 e. The Hall–Kier alpha value is -2.04. The highest BCUT2D eigenvalue weighted by atomic mass is 35.5. The van der Waals surface area contributed by atoms with Crippen molar-refractivity contribution in [3.05, 3.63) is 69.2 Å². The number of amides is 2. The summed E-state index contributed by atoms with van der Waals surface area (Å²) in [5.41, 5.74) is 2.85. The van der Waals surface area contributed by atoms with Gasteiger partial charge in [0.05, 0.1) is 16.5 Å². The van der Waals surface area contributed by atoms with Crippen molar-refractivity contribution in [1.29, 1.82) is 0 Å². The molecule has 0 saturated heterocycles. The maximum absolute atomic E-state index is 12.9. The number of likely N-dealkylation sites (N-methyl/N-ethyl adjacent to an activating group) is 1. The maximum atomic E-state index is 12.9. The number of benzene rings is 2. The smallest absolute Gasteiger partial charge is 0.242 e.